The maximum absolute atomic E-state index is 11.9. The summed E-state index contributed by atoms with van der Waals surface area (Å²) in [5, 5.41) is -0.450. The zero-order valence-electron chi connectivity index (χ0n) is 11.5. The lowest BCUT2D eigenvalue weighted by Gasteiger charge is -2.36. The summed E-state index contributed by atoms with van der Waals surface area (Å²) in [7, 11) is -3.10. The summed E-state index contributed by atoms with van der Waals surface area (Å²) in [4.78, 5) is 1.97. The molecule has 0 amide bonds. The third kappa shape index (κ3) is 3.50. The summed E-state index contributed by atoms with van der Waals surface area (Å²) >= 11 is 5.21. The number of nitrogens with two attached hydrogens (primary N) is 1. The van der Waals surface area contributed by atoms with Crippen molar-refractivity contribution in [2.24, 2.45) is 5.73 Å². The van der Waals surface area contributed by atoms with Gasteiger partial charge in [-0.2, -0.15) is 11.8 Å². The molecule has 7 heteroatoms. The molecule has 1 aromatic rings. The van der Waals surface area contributed by atoms with Crippen LogP contribution in [0, 0.1) is 0 Å². The zero-order chi connectivity index (χ0) is 14.9. The highest BCUT2D eigenvalue weighted by Gasteiger charge is 2.31. The van der Waals surface area contributed by atoms with Crippen LogP contribution in [0.1, 0.15) is 18.5 Å². The normalized spacial score (nSPS) is 21.8. The van der Waals surface area contributed by atoms with Crippen molar-refractivity contribution in [3.8, 4) is 0 Å². The van der Waals surface area contributed by atoms with Crippen LogP contribution in [0.5, 0.6) is 0 Å². The molecule has 112 valence electrons. The molecule has 0 radical (unpaired) electrons. The van der Waals surface area contributed by atoms with Gasteiger partial charge in [0.05, 0.1) is 0 Å². The van der Waals surface area contributed by atoms with Crippen LogP contribution >= 0.6 is 27.7 Å². The second-order valence-electron chi connectivity index (χ2n) is 5.05. The van der Waals surface area contributed by atoms with Crippen molar-refractivity contribution >= 4 is 43.2 Å². The van der Waals surface area contributed by atoms with Gasteiger partial charge >= 0.3 is 0 Å². The quantitative estimate of drug-likeness (QED) is 0.874. The Balaban J connectivity index is 2.36. The minimum absolute atomic E-state index is 0.0546. The molecule has 1 aromatic carbocycles. The van der Waals surface area contributed by atoms with Gasteiger partial charge in [0.15, 0.2) is 9.84 Å². The number of benzene rings is 1. The number of rotatable bonds is 3. The lowest BCUT2D eigenvalue weighted by molar-refractivity contribution is 0.584. The van der Waals surface area contributed by atoms with Crippen LogP contribution in [0.4, 0.5) is 5.69 Å². The number of hydrogen-bond donors (Lipinski definition) is 1. The van der Waals surface area contributed by atoms with E-state index in [1.165, 1.54) is 6.26 Å². The van der Waals surface area contributed by atoms with Crippen LogP contribution in [0.25, 0.3) is 0 Å². The standard InChI is InChI=1S/C13H19BrN2O2S2/c1-9(15)11-4-3-10(7-12(11)14)16-5-6-19-8-13(16)20(2,17)18/h3-4,7,9,13H,5-6,8,15H2,1-2H3/t9-,13?/m1/s1. The van der Waals surface area contributed by atoms with Crippen LogP contribution in [0.15, 0.2) is 22.7 Å². The Labute approximate surface area is 133 Å². The predicted octanol–water partition coefficient (Wildman–Crippen LogP) is 2.39. The largest absolute Gasteiger partial charge is 0.353 e. The van der Waals surface area contributed by atoms with Crippen molar-refractivity contribution in [3.05, 3.63) is 28.2 Å². The van der Waals surface area contributed by atoms with Crippen molar-refractivity contribution in [1.82, 2.24) is 0 Å². The molecule has 0 aromatic heterocycles. The Morgan fingerprint density at radius 2 is 2.20 bits per heavy atom. The van der Waals surface area contributed by atoms with Crippen LogP contribution in [-0.2, 0) is 9.84 Å². The van der Waals surface area contributed by atoms with E-state index in [1.807, 2.05) is 30.0 Å². The maximum atomic E-state index is 11.9. The Morgan fingerprint density at radius 3 is 2.75 bits per heavy atom. The molecule has 2 rings (SSSR count). The number of nitrogens with zero attached hydrogens (tertiary/aromatic N) is 1. The fourth-order valence-corrected chi connectivity index (χ4v) is 5.86. The fraction of sp³-hybridized carbons (Fsp3) is 0.538. The van der Waals surface area contributed by atoms with Crippen LogP contribution in [0.2, 0.25) is 0 Å². The number of thioether (sulfide) groups is 1. The molecular weight excluding hydrogens is 360 g/mol. The van der Waals surface area contributed by atoms with Gasteiger partial charge in [0.1, 0.15) is 5.37 Å². The van der Waals surface area contributed by atoms with Crippen molar-refractivity contribution in [2.75, 3.05) is 29.2 Å². The highest BCUT2D eigenvalue weighted by molar-refractivity contribution is 9.10. The van der Waals surface area contributed by atoms with E-state index in [9.17, 15) is 8.42 Å². The van der Waals surface area contributed by atoms with Gasteiger partial charge < -0.3 is 10.6 Å². The van der Waals surface area contributed by atoms with Crippen LogP contribution in [0.3, 0.4) is 0 Å². The smallest absolute Gasteiger partial charge is 0.169 e. The van der Waals surface area contributed by atoms with Crippen LogP contribution in [-0.4, -0.2) is 38.1 Å². The van der Waals surface area contributed by atoms with Crippen molar-refractivity contribution in [3.63, 3.8) is 0 Å². The van der Waals surface area contributed by atoms with E-state index in [2.05, 4.69) is 15.9 Å². The Kier molecular flexibility index (Phi) is 5.05. The number of hydrogen-bond acceptors (Lipinski definition) is 5. The number of anilines is 1. The molecule has 1 fully saturated rings. The number of sulfone groups is 1. The Bertz CT molecular complexity index is 590. The molecule has 20 heavy (non-hydrogen) atoms. The van der Waals surface area contributed by atoms with Gasteiger partial charge in [0.2, 0.25) is 0 Å². The minimum Gasteiger partial charge on any atom is -0.353 e. The fourth-order valence-electron chi connectivity index (χ4n) is 2.30. The predicted molar refractivity (Wildman–Crippen MR) is 90.0 cm³/mol. The molecule has 4 nitrogen and oxygen atoms in total. The molecule has 0 spiro atoms. The topological polar surface area (TPSA) is 63.4 Å². The highest BCUT2D eigenvalue weighted by Crippen LogP contribution is 2.31. The molecule has 1 saturated heterocycles. The summed E-state index contributed by atoms with van der Waals surface area (Å²) in [6.07, 6.45) is 1.31. The second kappa shape index (κ2) is 6.25. The lowest BCUT2D eigenvalue weighted by atomic mass is 10.1. The minimum atomic E-state index is -3.10. The van der Waals surface area contributed by atoms with Gasteiger partial charge in [-0.05, 0) is 24.6 Å². The molecule has 2 atom stereocenters. The van der Waals surface area contributed by atoms with Crippen molar-refractivity contribution < 1.29 is 8.42 Å². The van der Waals surface area contributed by atoms with E-state index in [-0.39, 0.29) is 6.04 Å². The summed E-state index contributed by atoms with van der Waals surface area (Å²) in [5.41, 5.74) is 7.85. The van der Waals surface area contributed by atoms with Gasteiger partial charge in [0, 0.05) is 40.5 Å². The molecule has 0 aliphatic carbocycles. The lowest BCUT2D eigenvalue weighted by Crippen LogP contribution is -2.47. The van der Waals surface area contributed by atoms with E-state index in [0.717, 1.165) is 28.0 Å². The first-order chi connectivity index (χ1) is 9.30. The molecule has 1 aliphatic heterocycles. The van der Waals surface area contributed by atoms with Gasteiger partial charge in [-0.25, -0.2) is 8.42 Å². The molecule has 0 saturated carbocycles. The molecule has 1 unspecified atom stereocenters. The molecule has 1 heterocycles. The second-order valence-corrected chi connectivity index (χ2v) is 9.25. The number of halogens is 1. The van der Waals surface area contributed by atoms with Gasteiger partial charge in [-0.1, -0.05) is 22.0 Å². The average molecular weight is 379 g/mol. The summed E-state index contributed by atoms with van der Waals surface area (Å²) in [5.74, 6) is 1.56. The summed E-state index contributed by atoms with van der Waals surface area (Å²) < 4.78 is 24.8. The molecule has 1 aliphatic rings. The SMILES string of the molecule is C[C@@H](N)c1ccc(N2CCSCC2S(C)(=O)=O)cc1Br. The van der Waals surface area contributed by atoms with Gasteiger partial charge in [-0.3, -0.25) is 0 Å². The van der Waals surface area contributed by atoms with Gasteiger partial charge in [-0.15, -0.1) is 0 Å². The van der Waals surface area contributed by atoms with Gasteiger partial charge in [0.25, 0.3) is 0 Å². The van der Waals surface area contributed by atoms with E-state index in [0.29, 0.717) is 5.75 Å². The van der Waals surface area contributed by atoms with Crippen molar-refractivity contribution in [2.45, 2.75) is 18.3 Å². The monoisotopic (exact) mass is 378 g/mol. The van der Waals surface area contributed by atoms with E-state index in [4.69, 9.17) is 5.73 Å². The van der Waals surface area contributed by atoms with E-state index in [1.54, 1.807) is 11.8 Å². The average Bonchev–Trinajstić information content (AvgIpc) is 2.37. The Morgan fingerprint density at radius 1 is 1.50 bits per heavy atom. The van der Waals surface area contributed by atoms with Crippen LogP contribution < -0.4 is 10.6 Å². The Hall–Kier alpha value is -0.240. The first-order valence-corrected chi connectivity index (χ1v) is 10.3. The first kappa shape index (κ1) is 16.1. The highest BCUT2D eigenvalue weighted by atomic mass is 79.9. The van der Waals surface area contributed by atoms with E-state index < -0.39 is 15.2 Å². The maximum Gasteiger partial charge on any atom is 0.169 e. The van der Waals surface area contributed by atoms with E-state index >= 15 is 0 Å². The third-order valence-corrected chi connectivity index (χ3v) is 6.72. The summed E-state index contributed by atoms with van der Waals surface area (Å²) in [6.45, 7) is 2.67. The summed E-state index contributed by atoms with van der Waals surface area (Å²) in [6, 6.07) is 5.83. The molecular formula is C13H19BrN2O2S2. The van der Waals surface area contributed by atoms with Crippen molar-refractivity contribution in [1.29, 1.82) is 0 Å². The first-order valence-electron chi connectivity index (χ1n) is 6.39. The molecule has 2 N–H and O–H groups in total. The third-order valence-electron chi connectivity index (χ3n) is 3.39. The molecule has 0 bridgehead atoms. The zero-order valence-corrected chi connectivity index (χ0v) is 14.8.